The van der Waals surface area contributed by atoms with Gasteiger partial charge in [-0.1, -0.05) is 48.5 Å². The number of aromatic carboxylic acids is 1. The molecule has 0 unspecified atom stereocenters. The minimum Gasteiger partial charge on any atom is -0.478 e. The van der Waals surface area contributed by atoms with Crippen LogP contribution in [0.1, 0.15) is 15.9 Å². The number of hydrogen-bond acceptors (Lipinski definition) is 3. The van der Waals surface area contributed by atoms with Crippen LogP contribution in [-0.4, -0.2) is 20.9 Å². The lowest BCUT2D eigenvalue weighted by Crippen LogP contribution is -1.99. The Balaban J connectivity index is 1.68. The molecule has 0 saturated heterocycles. The van der Waals surface area contributed by atoms with Gasteiger partial charge in [-0.3, -0.25) is 0 Å². The van der Waals surface area contributed by atoms with Crippen LogP contribution in [0.25, 0.3) is 16.9 Å². The number of anilines is 1. The van der Waals surface area contributed by atoms with Gasteiger partial charge in [0.1, 0.15) is 0 Å². The lowest BCUT2D eigenvalue weighted by Gasteiger charge is -2.06. The van der Waals surface area contributed by atoms with Gasteiger partial charge in [0, 0.05) is 29.6 Å². The van der Waals surface area contributed by atoms with Crippen molar-refractivity contribution < 1.29 is 9.90 Å². The van der Waals surface area contributed by atoms with Crippen LogP contribution in [0, 0.1) is 0 Å². The molecule has 0 aliphatic rings. The molecule has 0 aliphatic heterocycles. The maximum absolute atomic E-state index is 11.1. The molecule has 2 N–H and O–H groups in total. The van der Waals surface area contributed by atoms with E-state index in [4.69, 9.17) is 10.2 Å². The van der Waals surface area contributed by atoms with E-state index in [9.17, 15) is 4.79 Å². The van der Waals surface area contributed by atoms with Crippen LogP contribution >= 0.6 is 0 Å². The van der Waals surface area contributed by atoms with Crippen LogP contribution in [0.2, 0.25) is 0 Å². The third-order valence-electron chi connectivity index (χ3n) is 4.47. The second kappa shape index (κ2) is 7.80. The zero-order valence-corrected chi connectivity index (χ0v) is 15.1. The summed E-state index contributed by atoms with van der Waals surface area (Å²) in [6.07, 6.45) is 1.98. The van der Waals surface area contributed by atoms with E-state index in [1.807, 2.05) is 66.9 Å². The quantitative estimate of drug-likeness (QED) is 0.510. The first-order valence-corrected chi connectivity index (χ1v) is 8.97. The number of nitrogens with zero attached hydrogens (tertiary/aromatic N) is 2. The Hall–Kier alpha value is -3.86. The highest BCUT2D eigenvalue weighted by molar-refractivity contribution is 5.87. The van der Waals surface area contributed by atoms with Gasteiger partial charge in [0.05, 0.1) is 16.9 Å². The molecule has 0 spiro atoms. The molecule has 0 saturated carbocycles. The van der Waals surface area contributed by atoms with Gasteiger partial charge < -0.3 is 10.4 Å². The van der Waals surface area contributed by atoms with E-state index in [-0.39, 0.29) is 5.56 Å². The van der Waals surface area contributed by atoms with E-state index < -0.39 is 5.97 Å². The third kappa shape index (κ3) is 3.78. The van der Waals surface area contributed by atoms with Gasteiger partial charge in [0.15, 0.2) is 0 Å². The fraction of sp³-hybridized carbons (Fsp3) is 0.0435. The Morgan fingerprint density at radius 1 is 0.893 bits per heavy atom. The molecule has 28 heavy (non-hydrogen) atoms. The normalized spacial score (nSPS) is 10.6. The zero-order valence-electron chi connectivity index (χ0n) is 15.1. The first-order chi connectivity index (χ1) is 13.7. The average Bonchev–Trinajstić information content (AvgIpc) is 3.18. The van der Waals surface area contributed by atoms with Crippen molar-refractivity contribution in [2.45, 2.75) is 6.54 Å². The molecule has 0 radical (unpaired) electrons. The number of carboxylic acids is 1. The summed E-state index contributed by atoms with van der Waals surface area (Å²) in [7, 11) is 0. The first kappa shape index (κ1) is 17.5. The Kier molecular flexibility index (Phi) is 4.89. The molecule has 4 rings (SSSR count). The largest absolute Gasteiger partial charge is 0.478 e. The van der Waals surface area contributed by atoms with Crippen molar-refractivity contribution in [1.29, 1.82) is 0 Å². The molecule has 4 aromatic rings. The maximum Gasteiger partial charge on any atom is 0.335 e. The highest BCUT2D eigenvalue weighted by Crippen LogP contribution is 2.24. The van der Waals surface area contributed by atoms with E-state index in [0.717, 1.165) is 28.2 Å². The second-order valence-corrected chi connectivity index (χ2v) is 6.39. The first-order valence-electron chi connectivity index (χ1n) is 8.97. The Morgan fingerprint density at radius 2 is 1.54 bits per heavy atom. The molecule has 0 aliphatic carbocycles. The topological polar surface area (TPSA) is 67.2 Å². The highest BCUT2D eigenvalue weighted by Gasteiger charge is 2.12. The average molecular weight is 369 g/mol. The van der Waals surface area contributed by atoms with Crippen LogP contribution in [-0.2, 0) is 6.54 Å². The standard InChI is InChI=1S/C23H19N3O2/c27-23(28)18-11-13-21(14-12-18)26-16-19(15-24-20-9-5-2-6-10-20)22(25-26)17-7-3-1-4-8-17/h1-14,16,24H,15H2,(H,27,28). The van der Waals surface area contributed by atoms with E-state index in [2.05, 4.69) is 5.32 Å². The minimum atomic E-state index is -0.940. The second-order valence-electron chi connectivity index (χ2n) is 6.39. The summed E-state index contributed by atoms with van der Waals surface area (Å²) in [6.45, 7) is 0.626. The summed E-state index contributed by atoms with van der Waals surface area (Å²) in [5, 5.41) is 17.3. The molecule has 0 fully saturated rings. The summed E-state index contributed by atoms with van der Waals surface area (Å²) in [5.74, 6) is -0.940. The van der Waals surface area contributed by atoms with Gasteiger partial charge in [-0.25, -0.2) is 9.48 Å². The summed E-state index contributed by atoms with van der Waals surface area (Å²) in [6, 6.07) is 26.8. The Labute approximate surface area is 162 Å². The number of para-hydroxylation sites is 1. The van der Waals surface area contributed by atoms with Crippen molar-refractivity contribution in [2.75, 3.05) is 5.32 Å². The number of carbonyl (C=O) groups is 1. The number of rotatable bonds is 6. The molecule has 5 nitrogen and oxygen atoms in total. The Morgan fingerprint density at radius 3 is 2.18 bits per heavy atom. The molecule has 1 heterocycles. The van der Waals surface area contributed by atoms with E-state index in [0.29, 0.717) is 6.54 Å². The lowest BCUT2D eigenvalue weighted by molar-refractivity contribution is 0.0697. The van der Waals surface area contributed by atoms with E-state index >= 15 is 0 Å². The summed E-state index contributed by atoms with van der Waals surface area (Å²) >= 11 is 0. The SMILES string of the molecule is O=C(O)c1ccc(-n2cc(CNc3ccccc3)c(-c3ccccc3)n2)cc1. The van der Waals surface area contributed by atoms with Crippen LogP contribution in [0.5, 0.6) is 0 Å². The summed E-state index contributed by atoms with van der Waals surface area (Å²) in [5.41, 5.74) is 5.09. The van der Waals surface area contributed by atoms with Gasteiger partial charge in [-0.05, 0) is 36.4 Å². The van der Waals surface area contributed by atoms with Crippen LogP contribution in [0.3, 0.4) is 0 Å². The summed E-state index contributed by atoms with van der Waals surface area (Å²) in [4.78, 5) is 11.1. The molecule has 1 aromatic heterocycles. The molecular formula is C23H19N3O2. The molecular weight excluding hydrogens is 350 g/mol. The van der Waals surface area contributed by atoms with Gasteiger partial charge >= 0.3 is 5.97 Å². The predicted molar refractivity (Wildman–Crippen MR) is 110 cm³/mol. The summed E-state index contributed by atoms with van der Waals surface area (Å²) < 4.78 is 1.79. The van der Waals surface area contributed by atoms with Crippen molar-refractivity contribution in [3.8, 4) is 16.9 Å². The van der Waals surface area contributed by atoms with Gasteiger partial charge in [0.25, 0.3) is 0 Å². The van der Waals surface area contributed by atoms with E-state index in [1.165, 1.54) is 0 Å². The minimum absolute atomic E-state index is 0.255. The number of carboxylic acid groups (broad SMARTS) is 1. The Bertz CT molecular complexity index is 1070. The van der Waals surface area contributed by atoms with E-state index in [1.54, 1.807) is 28.9 Å². The maximum atomic E-state index is 11.1. The van der Waals surface area contributed by atoms with Crippen LogP contribution in [0.15, 0.2) is 91.1 Å². The van der Waals surface area contributed by atoms with Gasteiger partial charge in [0.2, 0.25) is 0 Å². The smallest absolute Gasteiger partial charge is 0.335 e. The fourth-order valence-corrected chi connectivity index (χ4v) is 3.02. The van der Waals surface area contributed by atoms with Crippen molar-refractivity contribution in [3.63, 3.8) is 0 Å². The van der Waals surface area contributed by atoms with Crippen molar-refractivity contribution in [2.24, 2.45) is 0 Å². The molecule has 0 atom stereocenters. The molecule has 5 heteroatoms. The molecule has 138 valence electrons. The lowest BCUT2D eigenvalue weighted by atomic mass is 10.1. The van der Waals surface area contributed by atoms with Crippen molar-refractivity contribution in [3.05, 3.63) is 102 Å². The number of hydrogen-bond donors (Lipinski definition) is 2. The van der Waals surface area contributed by atoms with Crippen LogP contribution in [0.4, 0.5) is 5.69 Å². The molecule has 0 bridgehead atoms. The van der Waals surface area contributed by atoms with Gasteiger partial charge in [-0.2, -0.15) is 5.10 Å². The fourth-order valence-electron chi connectivity index (χ4n) is 3.02. The van der Waals surface area contributed by atoms with Gasteiger partial charge in [-0.15, -0.1) is 0 Å². The molecule has 3 aromatic carbocycles. The molecule has 0 amide bonds. The third-order valence-corrected chi connectivity index (χ3v) is 4.47. The highest BCUT2D eigenvalue weighted by atomic mass is 16.4. The number of aromatic nitrogens is 2. The van der Waals surface area contributed by atoms with Crippen molar-refractivity contribution in [1.82, 2.24) is 9.78 Å². The number of nitrogens with one attached hydrogen (secondary N) is 1. The predicted octanol–water partition coefficient (Wildman–Crippen LogP) is 4.85. The number of benzene rings is 3. The monoisotopic (exact) mass is 369 g/mol. The van der Waals surface area contributed by atoms with Crippen molar-refractivity contribution >= 4 is 11.7 Å². The van der Waals surface area contributed by atoms with Crippen LogP contribution < -0.4 is 5.32 Å². The zero-order chi connectivity index (χ0) is 19.3.